The fourth-order valence-electron chi connectivity index (χ4n) is 4.76. The third kappa shape index (κ3) is 5.77. The van der Waals surface area contributed by atoms with Crippen LogP contribution in [0.3, 0.4) is 0 Å². The molecule has 2 amide bonds. The molecule has 2 aromatic carbocycles. The lowest BCUT2D eigenvalue weighted by atomic mass is 9.96. The molecule has 0 bridgehead atoms. The largest absolute Gasteiger partial charge is 0.383 e. The molecule has 1 aliphatic heterocycles. The maximum atomic E-state index is 14.0. The van der Waals surface area contributed by atoms with E-state index in [0.29, 0.717) is 42.2 Å². The normalized spacial score (nSPS) is 17.4. The van der Waals surface area contributed by atoms with Gasteiger partial charge in [0.1, 0.15) is 11.5 Å². The van der Waals surface area contributed by atoms with Crippen LogP contribution in [0.25, 0.3) is 16.9 Å². The number of carbonyl (C=O) groups is 1. The molecule has 8 nitrogen and oxygen atoms in total. The summed E-state index contributed by atoms with van der Waals surface area (Å²) in [4.78, 5) is 19.6. The van der Waals surface area contributed by atoms with Gasteiger partial charge in [0.2, 0.25) is 0 Å². The summed E-state index contributed by atoms with van der Waals surface area (Å²) < 4.78 is 21.6. The smallest absolute Gasteiger partial charge is 0.320 e. The van der Waals surface area contributed by atoms with Gasteiger partial charge in [-0.1, -0.05) is 48.5 Å². The van der Waals surface area contributed by atoms with E-state index < -0.39 is 5.82 Å². The van der Waals surface area contributed by atoms with Crippen LogP contribution in [0.1, 0.15) is 11.5 Å². The summed E-state index contributed by atoms with van der Waals surface area (Å²) in [6.07, 6.45) is 2.84. The molecule has 0 spiro atoms. The number of ether oxygens (including phenoxy) is 1. The van der Waals surface area contributed by atoms with Crippen molar-refractivity contribution < 1.29 is 13.9 Å². The first-order valence-corrected chi connectivity index (χ1v) is 13.1. The number of nitrogens with one attached hydrogen (secondary N) is 2. The van der Waals surface area contributed by atoms with Crippen LogP contribution in [-0.4, -0.2) is 65.1 Å². The van der Waals surface area contributed by atoms with Crippen molar-refractivity contribution in [2.75, 3.05) is 38.7 Å². The molecule has 1 fully saturated rings. The van der Waals surface area contributed by atoms with E-state index in [1.165, 1.54) is 12.3 Å². The number of aromatic nitrogens is 3. The molecular formula is C28H28BrFN6O2. The first kappa shape index (κ1) is 26.0. The molecule has 2 atom stereocenters. The van der Waals surface area contributed by atoms with E-state index >= 15 is 0 Å². The number of benzene rings is 2. The molecule has 4 aromatic rings. The maximum absolute atomic E-state index is 14.0. The molecule has 2 aromatic heterocycles. The number of hydrogen-bond donors (Lipinski definition) is 2. The lowest BCUT2D eigenvalue weighted by molar-refractivity contribution is 0.159. The van der Waals surface area contributed by atoms with Crippen molar-refractivity contribution in [3.8, 4) is 16.9 Å². The SMILES string of the molecule is COCCN1C[C@H](NC(=O)Nc2c(Br)c(-c3ccccc3)nn2-c2ccccc2)[C@@H](c2cncc(F)c2)C1. The highest BCUT2D eigenvalue weighted by atomic mass is 79.9. The summed E-state index contributed by atoms with van der Waals surface area (Å²) in [6, 6.07) is 20.2. The average molecular weight is 579 g/mol. The van der Waals surface area contributed by atoms with Gasteiger partial charge < -0.3 is 10.1 Å². The molecule has 3 heterocycles. The van der Waals surface area contributed by atoms with Crippen LogP contribution in [0, 0.1) is 5.82 Å². The fourth-order valence-corrected chi connectivity index (χ4v) is 5.33. The van der Waals surface area contributed by atoms with Gasteiger partial charge in [0.05, 0.1) is 29.0 Å². The van der Waals surface area contributed by atoms with Gasteiger partial charge in [-0.05, 0) is 39.7 Å². The molecule has 38 heavy (non-hydrogen) atoms. The second-order valence-electron chi connectivity index (χ2n) is 9.12. The van der Waals surface area contributed by atoms with Gasteiger partial charge in [0.25, 0.3) is 0 Å². The van der Waals surface area contributed by atoms with Crippen molar-refractivity contribution >= 4 is 27.8 Å². The number of likely N-dealkylation sites (tertiary alicyclic amines) is 1. The number of carbonyl (C=O) groups excluding carboxylic acids is 1. The van der Waals surface area contributed by atoms with Crippen molar-refractivity contribution in [2.45, 2.75) is 12.0 Å². The average Bonchev–Trinajstić information content (AvgIpc) is 3.49. The van der Waals surface area contributed by atoms with Gasteiger partial charge in [-0.3, -0.25) is 15.2 Å². The van der Waals surface area contributed by atoms with Gasteiger partial charge >= 0.3 is 6.03 Å². The number of para-hydroxylation sites is 1. The maximum Gasteiger partial charge on any atom is 0.320 e. The van der Waals surface area contributed by atoms with Crippen LogP contribution in [-0.2, 0) is 4.74 Å². The standard InChI is InChI=1S/C28H28BrFN6O2/c1-38-13-12-35-17-23(20-14-21(30)16-31-15-20)24(18-35)32-28(37)33-27-25(29)26(19-8-4-2-5-9-19)34-36(27)22-10-6-3-7-11-22/h2-11,14-16,23-24H,12-13,17-18H2,1H3,(H2,32,33,37)/t23-,24+/m1/s1. The van der Waals surface area contributed by atoms with Gasteiger partial charge in [0, 0.05) is 44.4 Å². The predicted molar refractivity (Wildman–Crippen MR) is 148 cm³/mol. The number of nitrogens with zero attached hydrogens (tertiary/aromatic N) is 4. The summed E-state index contributed by atoms with van der Waals surface area (Å²) >= 11 is 3.67. The third-order valence-electron chi connectivity index (χ3n) is 6.59. The van der Waals surface area contributed by atoms with Crippen LogP contribution < -0.4 is 10.6 Å². The Balaban J connectivity index is 1.41. The molecule has 1 saturated heterocycles. The zero-order valence-corrected chi connectivity index (χ0v) is 22.4. The Morgan fingerprint density at radius 1 is 1.11 bits per heavy atom. The Morgan fingerprint density at radius 3 is 2.55 bits per heavy atom. The zero-order chi connectivity index (χ0) is 26.5. The highest BCUT2D eigenvalue weighted by Gasteiger charge is 2.35. The minimum atomic E-state index is -0.398. The Bertz CT molecular complexity index is 1380. The number of methoxy groups -OCH3 is 1. The second-order valence-corrected chi connectivity index (χ2v) is 9.92. The number of rotatable bonds is 8. The van der Waals surface area contributed by atoms with Gasteiger partial charge in [-0.2, -0.15) is 5.10 Å². The monoisotopic (exact) mass is 578 g/mol. The third-order valence-corrected chi connectivity index (χ3v) is 7.34. The van der Waals surface area contributed by atoms with E-state index in [4.69, 9.17) is 9.84 Å². The highest BCUT2D eigenvalue weighted by Crippen LogP contribution is 2.36. The number of urea groups is 1. The predicted octanol–water partition coefficient (Wildman–Crippen LogP) is 5.07. The minimum absolute atomic E-state index is 0.122. The van der Waals surface area contributed by atoms with Crippen LogP contribution >= 0.6 is 15.9 Å². The summed E-state index contributed by atoms with van der Waals surface area (Å²) in [5, 5.41) is 10.9. The van der Waals surface area contributed by atoms with Gasteiger partial charge in [-0.15, -0.1) is 0 Å². The number of amides is 2. The molecular weight excluding hydrogens is 551 g/mol. The summed E-state index contributed by atoms with van der Waals surface area (Å²) in [7, 11) is 1.66. The topological polar surface area (TPSA) is 84.3 Å². The molecule has 0 unspecified atom stereocenters. The molecule has 0 radical (unpaired) electrons. The van der Waals surface area contributed by atoms with Crippen LogP contribution in [0.5, 0.6) is 0 Å². The number of halogens is 2. The molecule has 10 heteroatoms. The minimum Gasteiger partial charge on any atom is -0.383 e. The zero-order valence-electron chi connectivity index (χ0n) is 20.8. The van der Waals surface area contributed by atoms with Gasteiger partial charge in [0.15, 0.2) is 5.82 Å². The first-order valence-electron chi connectivity index (χ1n) is 12.3. The number of pyridine rings is 1. The van der Waals surface area contributed by atoms with Crippen LogP contribution in [0.4, 0.5) is 15.0 Å². The fraction of sp³-hybridized carbons (Fsp3) is 0.250. The van der Waals surface area contributed by atoms with E-state index in [2.05, 4.69) is 36.4 Å². The second kappa shape index (κ2) is 11.8. The van der Waals surface area contributed by atoms with Crippen molar-refractivity contribution in [1.82, 2.24) is 25.0 Å². The lowest BCUT2D eigenvalue weighted by Crippen LogP contribution is -2.42. The summed E-state index contributed by atoms with van der Waals surface area (Å²) in [5.74, 6) is -0.0147. The quantitative estimate of drug-likeness (QED) is 0.305. The molecule has 196 valence electrons. The molecule has 0 aliphatic carbocycles. The first-order chi connectivity index (χ1) is 18.5. The molecule has 0 saturated carbocycles. The number of anilines is 1. The lowest BCUT2D eigenvalue weighted by Gasteiger charge is -2.20. The van der Waals surface area contributed by atoms with E-state index in [-0.39, 0.29) is 18.0 Å². The van der Waals surface area contributed by atoms with Crippen molar-refractivity contribution in [1.29, 1.82) is 0 Å². The van der Waals surface area contributed by atoms with Crippen molar-refractivity contribution in [2.24, 2.45) is 0 Å². The van der Waals surface area contributed by atoms with E-state index in [1.807, 2.05) is 60.7 Å². The summed E-state index contributed by atoms with van der Waals surface area (Å²) in [6.45, 7) is 2.54. The molecule has 2 N–H and O–H groups in total. The van der Waals surface area contributed by atoms with Crippen LogP contribution in [0.2, 0.25) is 0 Å². The van der Waals surface area contributed by atoms with Crippen molar-refractivity contribution in [3.05, 3.63) is 95.0 Å². The highest BCUT2D eigenvalue weighted by molar-refractivity contribution is 9.10. The number of hydrogen-bond acceptors (Lipinski definition) is 5. The Labute approximate surface area is 229 Å². The van der Waals surface area contributed by atoms with E-state index in [9.17, 15) is 9.18 Å². The molecule has 5 rings (SSSR count). The van der Waals surface area contributed by atoms with Crippen molar-refractivity contribution in [3.63, 3.8) is 0 Å². The Morgan fingerprint density at radius 2 is 1.84 bits per heavy atom. The Kier molecular flexibility index (Phi) is 8.11. The van der Waals surface area contributed by atoms with Gasteiger partial charge in [-0.25, -0.2) is 13.9 Å². The molecule has 1 aliphatic rings. The summed E-state index contributed by atoms with van der Waals surface area (Å²) in [5.41, 5.74) is 3.18. The van der Waals surface area contributed by atoms with Crippen LogP contribution in [0.15, 0.2) is 83.6 Å². The van der Waals surface area contributed by atoms with E-state index in [0.717, 1.165) is 16.8 Å². The van der Waals surface area contributed by atoms with E-state index in [1.54, 1.807) is 18.0 Å². The Hall–Kier alpha value is -3.60.